The summed E-state index contributed by atoms with van der Waals surface area (Å²) < 4.78 is 13.0. The molecule has 1 aromatic heterocycles. The van der Waals surface area contributed by atoms with Gasteiger partial charge in [0.25, 0.3) is 11.6 Å². The van der Waals surface area contributed by atoms with Gasteiger partial charge in [-0.2, -0.15) is 4.39 Å². The SMILES string of the molecule is Cc1cc([N+](=O)[O-])c(C)cc1NC(=O)c1cccc(F)n1. The summed E-state index contributed by atoms with van der Waals surface area (Å²) in [6.45, 7) is 3.22. The minimum Gasteiger partial charge on any atom is -0.320 e. The van der Waals surface area contributed by atoms with E-state index in [9.17, 15) is 19.3 Å². The summed E-state index contributed by atoms with van der Waals surface area (Å²) >= 11 is 0. The van der Waals surface area contributed by atoms with Crippen LogP contribution in [0.4, 0.5) is 15.8 Å². The van der Waals surface area contributed by atoms with Gasteiger partial charge in [-0.3, -0.25) is 14.9 Å². The highest BCUT2D eigenvalue weighted by Crippen LogP contribution is 2.26. The van der Waals surface area contributed by atoms with E-state index in [-0.39, 0.29) is 11.4 Å². The van der Waals surface area contributed by atoms with E-state index in [0.29, 0.717) is 16.8 Å². The zero-order valence-corrected chi connectivity index (χ0v) is 11.4. The number of carbonyl (C=O) groups is 1. The van der Waals surface area contributed by atoms with Crippen molar-refractivity contribution in [2.24, 2.45) is 0 Å². The molecule has 7 heteroatoms. The molecule has 1 N–H and O–H groups in total. The molecule has 0 saturated heterocycles. The minimum absolute atomic E-state index is 0.0191. The van der Waals surface area contributed by atoms with Crippen LogP contribution in [0.25, 0.3) is 0 Å². The maximum atomic E-state index is 13.0. The van der Waals surface area contributed by atoms with Gasteiger partial charge in [0.15, 0.2) is 0 Å². The third-order valence-corrected chi connectivity index (χ3v) is 2.94. The Kier molecular flexibility index (Phi) is 3.93. The Morgan fingerprint density at radius 3 is 2.62 bits per heavy atom. The number of hydrogen-bond donors (Lipinski definition) is 1. The van der Waals surface area contributed by atoms with Crippen molar-refractivity contribution in [3.63, 3.8) is 0 Å². The van der Waals surface area contributed by atoms with Gasteiger partial charge in [0.2, 0.25) is 5.95 Å². The van der Waals surface area contributed by atoms with Crippen LogP contribution in [0, 0.1) is 29.9 Å². The highest BCUT2D eigenvalue weighted by molar-refractivity contribution is 6.03. The van der Waals surface area contributed by atoms with Crippen LogP contribution in [0.2, 0.25) is 0 Å². The molecule has 2 aromatic rings. The monoisotopic (exact) mass is 289 g/mol. The molecule has 1 heterocycles. The second-order valence-electron chi connectivity index (χ2n) is 4.51. The summed E-state index contributed by atoms with van der Waals surface area (Å²) in [5, 5.41) is 13.4. The fraction of sp³-hybridized carbons (Fsp3) is 0.143. The summed E-state index contributed by atoms with van der Waals surface area (Å²) in [6, 6.07) is 6.78. The topological polar surface area (TPSA) is 85.1 Å². The third-order valence-electron chi connectivity index (χ3n) is 2.94. The van der Waals surface area contributed by atoms with Crippen molar-refractivity contribution in [3.8, 4) is 0 Å². The Hall–Kier alpha value is -2.83. The normalized spacial score (nSPS) is 10.2. The van der Waals surface area contributed by atoms with Crippen LogP contribution in [-0.2, 0) is 0 Å². The van der Waals surface area contributed by atoms with Gasteiger partial charge in [-0.1, -0.05) is 6.07 Å². The number of aromatic nitrogens is 1. The minimum atomic E-state index is -0.751. The lowest BCUT2D eigenvalue weighted by Crippen LogP contribution is -2.15. The first-order chi connectivity index (χ1) is 9.88. The van der Waals surface area contributed by atoms with E-state index in [0.717, 1.165) is 6.07 Å². The second-order valence-corrected chi connectivity index (χ2v) is 4.51. The zero-order chi connectivity index (χ0) is 15.6. The van der Waals surface area contributed by atoms with Gasteiger partial charge in [-0.25, -0.2) is 4.98 Å². The molecule has 0 fully saturated rings. The highest BCUT2D eigenvalue weighted by Gasteiger charge is 2.15. The van der Waals surface area contributed by atoms with Crippen LogP contribution in [0.15, 0.2) is 30.3 Å². The molecule has 0 aliphatic carbocycles. The zero-order valence-electron chi connectivity index (χ0n) is 11.4. The van der Waals surface area contributed by atoms with E-state index in [1.54, 1.807) is 13.8 Å². The molecule has 0 radical (unpaired) electrons. The Labute approximate surface area is 119 Å². The molecule has 0 unspecified atom stereocenters. The van der Waals surface area contributed by atoms with Crippen molar-refractivity contribution >= 4 is 17.3 Å². The van der Waals surface area contributed by atoms with E-state index in [1.807, 2.05) is 0 Å². The molecular weight excluding hydrogens is 277 g/mol. The number of amides is 1. The first kappa shape index (κ1) is 14.6. The summed E-state index contributed by atoms with van der Waals surface area (Å²) in [5.74, 6) is -1.33. The summed E-state index contributed by atoms with van der Waals surface area (Å²) in [4.78, 5) is 25.8. The summed E-state index contributed by atoms with van der Waals surface area (Å²) in [5.41, 5.74) is 1.30. The fourth-order valence-electron chi connectivity index (χ4n) is 1.85. The Balaban J connectivity index is 2.30. The summed E-state index contributed by atoms with van der Waals surface area (Å²) in [6.07, 6.45) is 0. The number of nitro groups is 1. The molecule has 108 valence electrons. The lowest BCUT2D eigenvalue weighted by Gasteiger charge is -2.09. The molecule has 1 amide bonds. The average Bonchev–Trinajstić information content (AvgIpc) is 2.42. The van der Waals surface area contributed by atoms with Gasteiger partial charge in [-0.15, -0.1) is 0 Å². The molecule has 0 aliphatic heterocycles. The van der Waals surface area contributed by atoms with Gasteiger partial charge in [0.05, 0.1) is 4.92 Å². The molecule has 0 saturated carbocycles. The first-order valence-corrected chi connectivity index (χ1v) is 6.08. The van der Waals surface area contributed by atoms with E-state index >= 15 is 0 Å². The molecule has 0 spiro atoms. The van der Waals surface area contributed by atoms with E-state index in [4.69, 9.17) is 0 Å². The number of hydrogen-bond acceptors (Lipinski definition) is 4. The van der Waals surface area contributed by atoms with Crippen LogP contribution in [0.3, 0.4) is 0 Å². The lowest BCUT2D eigenvalue weighted by molar-refractivity contribution is -0.385. The molecule has 0 bridgehead atoms. The standard InChI is InChI=1S/C14H12FN3O3/c1-8-7-12(18(20)21)9(2)6-11(8)17-14(19)10-4-3-5-13(15)16-10/h3-7H,1-2H3,(H,17,19). The van der Waals surface area contributed by atoms with Crippen LogP contribution < -0.4 is 5.32 Å². The number of anilines is 1. The molecule has 6 nitrogen and oxygen atoms in total. The van der Waals surface area contributed by atoms with Crippen LogP contribution >= 0.6 is 0 Å². The van der Waals surface area contributed by atoms with Crippen molar-refractivity contribution < 1.29 is 14.1 Å². The van der Waals surface area contributed by atoms with Crippen molar-refractivity contribution in [1.82, 2.24) is 4.98 Å². The highest BCUT2D eigenvalue weighted by atomic mass is 19.1. The number of carbonyl (C=O) groups excluding carboxylic acids is 1. The predicted octanol–water partition coefficient (Wildman–Crippen LogP) is 3.00. The summed E-state index contributed by atoms with van der Waals surface area (Å²) in [7, 11) is 0. The molecule has 1 aromatic carbocycles. The number of nitro benzene ring substituents is 1. The van der Waals surface area contributed by atoms with Crippen molar-refractivity contribution in [2.75, 3.05) is 5.32 Å². The number of nitrogens with zero attached hydrogens (tertiary/aromatic N) is 2. The fourth-order valence-corrected chi connectivity index (χ4v) is 1.85. The number of rotatable bonds is 3. The average molecular weight is 289 g/mol. The van der Waals surface area contributed by atoms with Gasteiger partial charge < -0.3 is 5.32 Å². The second kappa shape index (κ2) is 5.66. The van der Waals surface area contributed by atoms with Gasteiger partial charge >= 0.3 is 0 Å². The number of benzene rings is 1. The molecule has 2 rings (SSSR count). The molecule has 21 heavy (non-hydrogen) atoms. The largest absolute Gasteiger partial charge is 0.320 e. The smallest absolute Gasteiger partial charge is 0.274 e. The van der Waals surface area contributed by atoms with Crippen LogP contribution in [0.1, 0.15) is 21.6 Å². The lowest BCUT2D eigenvalue weighted by atomic mass is 10.1. The predicted molar refractivity (Wildman–Crippen MR) is 74.7 cm³/mol. The van der Waals surface area contributed by atoms with Gasteiger partial charge in [0.1, 0.15) is 5.69 Å². The molecular formula is C14H12FN3O3. The van der Waals surface area contributed by atoms with Crippen molar-refractivity contribution in [3.05, 3.63) is 63.2 Å². The maximum Gasteiger partial charge on any atom is 0.274 e. The van der Waals surface area contributed by atoms with Crippen molar-refractivity contribution in [1.29, 1.82) is 0 Å². The number of nitrogens with one attached hydrogen (secondary N) is 1. The Bertz CT molecular complexity index is 731. The van der Waals surface area contributed by atoms with Gasteiger partial charge in [0, 0.05) is 17.3 Å². The first-order valence-electron chi connectivity index (χ1n) is 6.08. The van der Waals surface area contributed by atoms with Crippen molar-refractivity contribution in [2.45, 2.75) is 13.8 Å². The number of pyridine rings is 1. The van der Waals surface area contributed by atoms with Gasteiger partial charge in [-0.05, 0) is 37.6 Å². The number of aryl methyl sites for hydroxylation is 2. The van der Waals surface area contributed by atoms with E-state index < -0.39 is 16.8 Å². The molecule has 0 atom stereocenters. The Morgan fingerprint density at radius 1 is 1.29 bits per heavy atom. The van der Waals surface area contributed by atoms with E-state index in [2.05, 4.69) is 10.3 Å². The third kappa shape index (κ3) is 3.19. The van der Waals surface area contributed by atoms with Crippen LogP contribution in [-0.4, -0.2) is 15.8 Å². The van der Waals surface area contributed by atoms with Crippen LogP contribution in [0.5, 0.6) is 0 Å². The Morgan fingerprint density at radius 2 is 2.00 bits per heavy atom. The molecule has 0 aliphatic rings. The maximum absolute atomic E-state index is 13.0. The van der Waals surface area contributed by atoms with E-state index in [1.165, 1.54) is 24.3 Å². The number of halogens is 1. The quantitative estimate of drug-likeness (QED) is 0.534.